The molecule has 0 spiro atoms. The third-order valence-electron chi connectivity index (χ3n) is 5.31. The van der Waals surface area contributed by atoms with Gasteiger partial charge in [-0.25, -0.2) is 4.79 Å². The molecule has 7 nitrogen and oxygen atoms in total. The summed E-state index contributed by atoms with van der Waals surface area (Å²) in [6.45, 7) is 3.15. The monoisotopic (exact) mass is 391 g/mol. The quantitative estimate of drug-likeness (QED) is 0.784. The van der Waals surface area contributed by atoms with Gasteiger partial charge in [0, 0.05) is 48.6 Å². The van der Waals surface area contributed by atoms with Gasteiger partial charge in [-0.05, 0) is 49.0 Å². The highest BCUT2D eigenvalue weighted by molar-refractivity contribution is 6.35. The molecule has 7 heteroatoms. The molecule has 0 atom stereocenters. The van der Waals surface area contributed by atoms with Gasteiger partial charge in [0.15, 0.2) is 0 Å². The van der Waals surface area contributed by atoms with Crippen molar-refractivity contribution in [2.24, 2.45) is 0 Å². The maximum absolute atomic E-state index is 12.7. The van der Waals surface area contributed by atoms with Crippen LogP contribution in [0.2, 0.25) is 0 Å². The molecule has 2 amide bonds. The number of fused-ring (bicyclic) bond motifs is 1. The summed E-state index contributed by atoms with van der Waals surface area (Å²) >= 11 is 0. The predicted molar refractivity (Wildman–Crippen MR) is 110 cm³/mol. The number of hydrogen-bond acceptors (Lipinski definition) is 4. The van der Waals surface area contributed by atoms with Crippen LogP contribution in [0.4, 0.5) is 5.69 Å². The van der Waals surface area contributed by atoms with Gasteiger partial charge < -0.3 is 20.2 Å². The Labute approximate surface area is 168 Å². The SMILES string of the molecule is CN1CCN(C(=O)c2ccc(C=C3C(=O)Nc4ccc(C(=O)O)cc43)cc2)CC1. The molecule has 1 saturated heterocycles. The first-order chi connectivity index (χ1) is 13.9. The number of aromatic carboxylic acids is 1. The van der Waals surface area contributed by atoms with Crippen LogP contribution >= 0.6 is 0 Å². The lowest BCUT2D eigenvalue weighted by Crippen LogP contribution is -2.47. The Bertz CT molecular complexity index is 1020. The first-order valence-electron chi connectivity index (χ1n) is 9.41. The first-order valence-corrected chi connectivity index (χ1v) is 9.41. The van der Waals surface area contributed by atoms with Crippen molar-refractivity contribution < 1.29 is 19.5 Å². The van der Waals surface area contributed by atoms with E-state index in [0.717, 1.165) is 18.7 Å². The molecular formula is C22H21N3O4. The fourth-order valence-corrected chi connectivity index (χ4v) is 3.55. The van der Waals surface area contributed by atoms with E-state index in [9.17, 15) is 19.5 Å². The van der Waals surface area contributed by atoms with E-state index in [1.54, 1.807) is 36.4 Å². The van der Waals surface area contributed by atoms with Crippen molar-refractivity contribution in [1.82, 2.24) is 9.80 Å². The summed E-state index contributed by atoms with van der Waals surface area (Å²) in [6.07, 6.45) is 1.71. The largest absolute Gasteiger partial charge is 0.478 e. The Kier molecular flexibility index (Phi) is 4.90. The van der Waals surface area contributed by atoms with Gasteiger partial charge in [-0.3, -0.25) is 9.59 Å². The van der Waals surface area contributed by atoms with Crippen LogP contribution < -0.4 is 5.32 Å². The zero-order valence-electron chi connectivity index (χ0n) is 16.0. The number of nitrogens with zero attached hydrogens (tertiary/aromatic N) is 2. The van der Waals surface area contributed by atoms with Crippen molar-refractivity contribution >= 4 is 35.1 Å². The van der Waals surface area contributed by atoms with Crippen LogP contribution in [-0.2, 0) is 4.79 Å². The maximum Gasteiger partial charge on any atom is 0.335 e. The molecule has 0 aromatic heterocycles. The number of carbonyl (C=O) groups is 3. The number of carbonyl (C=O) groups excluding carboxylic acids is 2. The van der Waals surface area contributed by atoms with Gasteiger partial charge in [0.2, 0.25) is 0 Å². The van der Waals surface area contributed by atoms with Crippen LogP contribution in [0.15, 0.2) is 42.5 Å². The molecule has 4 rings (SSSR count). The van der Waals surface area contributed by atoms with Crippen molar-refractivity contribution in [3.63, 3.8) is 0 Å². The number of rotatable bonds is 3. The van der Waals surface area contributed by atoms with E-state index in [4.69, 9.17) is 0 Å². The second kappa shape index (κ2) is 7.52. The fourth-order valence-electron chi connectivity index (χ4n) is 3.55. The normalized spacial score (nSPS) is 17.9. The highest BCUT2D eigenvalue weighted by Crippen LogP contribution is 2.34. The Morgan fingerprint density at radius 3 is 2.31 bits per heavy atom. The molecule has 0 radical (unpaired) electrons. The van der Waals surface area contributed by atoms with Crippen LogP contribution in [0.25, 0.3) is 11.6 Å². The minimum Gasteiger partial charge on any atom is -0.478 e. The lowest BCUT2D eigenvalue weighted by Gasteiger charge is -2.32. The Hall–Kier alpha value is -3.45. The van der Waals surface area contributed by atoms with Crippen LogP contribution in [0.1, 0.15) is 31.8 Å². The van der Waals surface area contributed by atoms with Crippen LogP contribution in [0.5, 0.6) is 0 Å². The van der Waals surface area contributed by atoms with Gasteiger partial charge in [-0.15, -0.1) is 0 Å². The van der Waals surface area contributed by atoms with Gasteiger partial charge in [-0.1, -0.05) is 12.1 Å². The number of likely N-dealkylation sites (N-methyl/N-ethyl adjacent to an activating group) is 1. The molecule has 148 valence electrons. The van der Waals surface area contributed by atoms with E-state index in [1.807, 2.05) is 11.9 Å². The molecular weight excluding hydrogens is 370 g/mol. The molecule has 2 aliphatic heterocycles. The Morgan fingerprint density at radius 2 is 1.66 bits per heavy atom. The van der Waals surface area contributed by atoms with E-state index in [0.29, 0.717) is 35.5 Å². The van der Waals surface area contributed by atoms with E-state index < -0.39 is 5.97 Å². The molecule has 0 saturated carbocycles. The van der Waals surface area contributed by atoms with Crippen molar-refractivity contribution in [1.29, 1.82) is 0 Å². The molecule has 2 aromatic carbocycles. The zero-order chi connectivity index (χ0) is 20.5. The molecule has 2 aliphatic rings. The molecule has 0 unspecified atom stereocenters. The lowest BCUT2D eigenvalue weighted by molar-refractivity contribution is -0.110. The van der Waals surface area contributed by atoms with Crippen LogP contribution in [0.3, 0.4) is 0 Å². The van der Waals surface area contributed by atoms with Gasteiger partial charge in [0.05, 0.1) is 5.56 Å². The number of piperazine rings is 1. The number of benzene rings is 2. The number of carboxylic acids is 1. The summed E-state index contributed by atoms with van der Waals surface area (Å²) in [5.41, 5.74) is 3.06. The molecule has 1 fully saturated rings. The Balaban J connectivity index is 1.57. The number of hydrogen-bond donors (Lipinski definition) is 2. The molecule has 2 heterocycles. The fraction of sp³-hybridized carbons (Fsp3) is 0.227. The molecule has 0 bridgehead atoms. The lowest BCUT2D eigenvalue weighted by atomic mass is 10.0. The van der Waals surface area contributed by atoms with Crippen molar-refractivity contribution in [2.45, 2.75) is 0 Å². The van der Waals surface area contributed by atoms with Gasteiger partial charge in [0.1, 0.15) is 0 Å². The van der Waals surface area contributed by atoms with Crippen molar-refractivity contribution in [3.05, 3.63) is 64.7 Å². The van der Waals surface area contributed by atoms with Gasteiger partial charge >= 0.3 is 5.97 Å². The minimum absolute atomic E-state index is 0.00681. The second-order valence-corrected chi connectivity index (χ2v) is 7.30. The van der Waals surface area contributed by atoms with Crippen molar-refractivity contribution in [2.75, 3.05) is 38.5 Å². The predicted octanol–water partition coefficient (Wildman–Crippen LogP) is 2.27. The Morgan fingerprint density at radius 1 is 1.00 bits per heavy atom. The van der Waals surface area contributed by atoms with Crippen LogP contribution in [-0.4, -0.2) is 65.9 Å². The summed E-state index contributed by atoms with van der Waals surface area (Å²) in [5, 5.41) is 11.9. The minimum atomic E-state index is -1.04. The smallest absolute Gasteiger partial charge is 0.335 e. The van der Waals surface area contributed by atoms with Crippen molar-refractivity contribution in [3.8, 4) is 0 Å². The number of carboxylic acid groups (broad SMARTS) is 1. The third-order valence-corrected chi connectivity index (χ3v) is 5.31. The highest BCUT2D eigenvalue weighted by Gasteiger charge is 2.25. The topological polar surface area (TPSA) is 90.0 Å². The molecule has 0 aliphatic carbocycles. The average molecular weight is 391 g/mol. The zero-order valence-corrected chi connectivity index (χ0v) is 16.0. The average Bonchev–Trinajstić information content (AvgIpc) is 3.03. The van der Waals surface area contributed by atoms with Gasteiger partial charge in [0.25, 0.3) is 11.8 Å². The molecule has 2 N–H and O–H groups in total. The summed E-state index contributed by atoms with van der Waals surface area (Å²) in [6, 6.07) is 11.7. The second-order valence-electron chi connectivity index (χ2n) is 7.30. The molecule has 29 heavy (non-hydrogen) atoms. The first kappa shape index (κ1) is 18.9. The summed E-state index contributed by atoms with van der Waals surface area (Å²) in [5.74, 6) is -1.31. The van der Waals surface area contributed by atoms with Gasteiger partial charge in [-0.2, -0.15) is 0 Å². The maximum atomic E-state index is 12.7. The number of amides is 2. The van der Waals surface area contributed by atoms with E-state index >= 15 is 0 Å². The summed E-state index contributed by atoms with van der Waals surface area (Å²) < 4.78 is 0. The number of nitrogens with one attached hydrogen (secondary N) is 1. The van der Waals surface area contributed by atoms with E-state index in [-0.39, 0.29) is 17.4 Å². The van der Waals surface area contributed by atoms with E-state index in [2.05, 4.69) is 10.2 Å². The van der Waals surface area contributed by atoms with Crippen LogP contribution in [0, 0.1) is 0 Å². The summed E-state index contributed by atoms with van der Waals surface area (Å²) in [7, 11) is 2.04. The molecule has 2 aromatic rings. The summed E-state index contributed by atoms with van der Waals surface area (Å²) in [4.78, 5) is 40.3. The third kappa shape index (κ3) is 3.77. The highest BCUT2D eigenvalue weighted by atomic mass is 16.4. The number of anilines is 1. The standard InChI is InChI=1S/C22H21N3O4/c1-24-8-10-25(11-9-24)21(27)15-4-2-14(3-5-15)12-18-17-13-16(22(28)29)6-7-19(17)23-20(18)26/h2-7,12-13H,8-11H2,1H3,(H,23,26)(H,28,29). The van der Waals surface area contributed by atoms with E-state index in [1.165, 1.54) is 12.1 Å².